The van der Waals surface area contributed by atoms with Crippen LogP contribution >= 0.6 is 0 Å². The normalized spacial score (nSPS) is 23.7. The summed E-state index contributed by atoms with van der Waals surface area (Å²) in [5.74, 6) is 1.74. The molecule has 0 aromatic carbocycles. The minimum Gasteiger partial charge on any atom is -0.357 e. The number of aromatic nitrogens is 3. The molecule has 2 atom stereocenters. The molecule has 8 nitrogen and oxygen atoms in total. The van der Waals surface area contributed by atoms with E-state index in [0.717, 1.165) is 43.9 Å². The Hall–Kier alpha value is -1.96. The predicted octanol–water partition coefficient (Wildman–Crippen LogP) is -0.772. The summed E-state index contributed by atoms with van der Waals surface area (Å²) in [4.78, 5) is 30.3. The minimum absolute atomic E-state index is 0.00309. The Labute approximate surface area is 135 Å². The molecule has 2 aliphatic rings. The Morgan fingerprint density at radius 2 is 2.17 bits per heavy atom. The van der Waals surface area contributed by atoms with Crippen LogP contribution in [0, 0.1) is 6.92 Å². The molecule has 3 heterocycles. The molecule has 2 amide bonds. The number of hydrogen-bond donors (Lipinski definition) is 2. The molecule has 1 aromatic heterocycles. The van der Waals surface area contributed by atoms with Gasteiger partial charge in [-0.3, -0.25) is 9.59 Å². The number of likely N-dealkylation sites (tertiary alicyclic amines) is 1. The van der Waals surface area contributed by atoms with Gasteiger partial charge in [-0.1, -0.05) is 0 Å². The molecular formula is C15H24N6O2. The van der Waals surface area contributed by atoms with E-state index >= 15 is 0 Å². The van der Waals surface area contributed by atoms with Crippen molar-refractivity contribution in [2.75, 3.05) is 20.1 Å². The third-order valence-corrected chi connectivity index (χ3v) is 4.63. The minimum atomic E-state index is -0.315. The average molecular weight is 320 g/mol. The predicted molar refractivity (Wildman–Crippen MR) is 83.7 cm³/mol. The fourth-order valence-electron chi connectivity index (χ4n) is 3.44. The summed E-state index contributed by atoms with van der Waals surface area (Å²) < 4.78 is 1.92. The molecule has 0 bridgehead atoms. The lowest BCUT2D eigenvalue weighted by Gasteiger charge is -2.27. The van der Waals surface area contributed by atoms with E-state index in [-0.39, 0.29) is 30.4 Å². The second kappa shape index (κ2) is 6.66. The molecule has 8 heteroatoms. The highest BCUT2D eigenvalue weighted by atomic mass is 16.2. The van der Waals surface area contributed by atoms with E-state index in [2.05, 4.69) is 20.7 Å². The van der Waals surface area contributed by atoms with Crippen LogP contribution in [0.4, 0.5) is 0 Å². The molecule has 2 unspecified atom stereocenters. The molecule has 126 valence electrons. The summed E-state index contributed by atoms with van der Waals surface area (Å²) in [5.41, 5.74) is 0. The number of amides is 2. The second-order valence-corrected chi connectivity index (χ2v) is 6.23. The van der Waals surface area contributed by atoms with Crippen molar-refractivity contribution in [3.8, 4) is 0 Å². The third kappa shape index (κ3) is 3.36. The zero-order valence-electron chi connectivity index (χ0n) is 13.7. The number of nitrogens with zero attached hydrogens (tertiary/aromatic N) is 4. The van der Waals surface area contributed by atoms with Gasteiger partial charge in [0, 0.05) is 26.1 Å². The maximum absolute atomic E-state index is 12.4. The maximum Gasteiger partial charge on any atom is 0.242 e. The zero-order valence-corrected chi connectivity index (χ0v) is 13.7. The molecule has 0 spiro atoms. The highest BCUT2D eigenvalue weighted by molar-refractivity contribution is 5.88. The van der Waals surface area contributed by atoms with Crippen LogP contribution in [-0.2, 0) is 22.6 Å². The highest BCUT2D eigenvalue weighted by Gasteiger charge is 2.33. The van der Waals surface area contributed by atoms with Crippen LogP contribution in [-0.4, -0.2) is 63.7 Å². The first kappa shape index (κ1) is 15.9. The summed E-state index contributed by atoms with van der Waals surface area (Å²) in [5, 5.41) is 10.3. The molecule has 2 aliphatic heterocycles. The molecule has 0 aliphatic carbocycles. The molecule has 3 rings (SSSR count). The summed E-state index contributed by atoms with van der Waals surface area (Å²) in [6.07, 6.45) is 3.45. The van der Waals surface area contributed by atoms with E-state index in [4.69, 9.17) is 0 Å². The second-order valence-electron chi connectivity index (χ2n) is 6.23. The number of rotatable bonds is 4. The number of likely N-dealkylation sites (N-methyl/N-ethyl adjacent to an activating group) is 1. The summed E-state index contributed by atoms with van der Waals surface area (Å²) in [6, 6.07) is -0.0983. The molecule has 0 radical (unpaired) electrons. The van der Waals surface area contributed by atoms with Gasteiger partial charge >= 0.3 is 0 Å². The van der Waals surface area contributed by atoms with Crippen molar-refractivity contribution in [1.82, 2.24) is 30.3 Å². The van der Waals surface area contributed by atoms with Crippen LogP contribution < -0.4 is 10.6 Å². The monoisotopic (exact) mass is 320 g/mol. The van der Waals surface area contributed by atoms with E-state index in [1.54, 1.807) is 11.9 Å². The van der Waals surface area contributed by atoms with Crippen molar-refractivity contribution in [3.63, 3.8) is 0 Å². The van der Waals surface area contributed by atoms with Crippen LogP contribution in [0.5, 0.6) is 0 Å². The van der Waals surface area contributed by atoms with Crippen molar-refractivity contribution in [3.05, 3.63) is 11.6 Å². The number of carbonyl (C=O) groups is 2. The van der Waals surface area contributed by atoms with Gasteiger partial charge in [-0.25, -0.2) is 9.67 Å². The van der Waals surface area contributed by atoms with Gasteiger partial charge in [0.05, 0.1) is 13.1 Å². The van der Waals surface area contributed by atoms with Gasteiger partial charge in [0.15, 0.2) is 0 Å². The first-order valence-corrected chi connectivity index (χ1v) is 8.23. The third-order valence-electron chi connectivity index (χ3n) is 4.63. The fraction of sp³-hybridized carbons (Fsp3) is 0.733. The van der Waals surface area contributed by atoms with E-state index < -0.39 is 0 Å². The molecular weight excluding hydrogens is 296 g/mol. The molecule has 1 saturated heterocycles. The Bertz CT molecular complexity index is 599. The van der Waals surface area contributed by atoms with Crippen LogP contribution in [0.15, 0.2) is 0 Å². The van der Waals surface area contributed by atoms with Crippen molar-refractivity contribution in [2.45, 2.75) is 51.2 Å². The van der Waals surface area contributed by atoms with Crippen molar-refractivity contribution < 1.29 is 9.59 Å². The first-order chi connectivity index (χ1) is 11.1. The molecule has 1 aromatic rings. The Morgan fingerprint density at radius 1 is 1.35 bits per heavy atom. The lowest BCUT2D eigenvalue weighted by molar-refractivity contribution is -0.137. The van der Waals surface area contributed by atoms with Crippen LogP contribution in [0.2, 0.25) is 0 Å². The van der Waals surface area contributed by atoms with Crippen LogP contribution in [0.1, 0.15) is 30.9 Å². The summed E-state index contributed by atoms with van der Waals surface area (Å²) >= 11 is 0. The fourth-order valence-corrected chi connectivity index (χ4v) is 3.44. The highest BCUT2D eigenvalue weighted by Crippen LogP contribution is 2.18. The molecule has 23 heavy (non-hydrogen) atoms. The van der Waals surface area contributed by atoms with Crippen LogP contribution in [0.3, 0.4) is 0 Å². The number of hydrogen-bond acceptors (Lipinski definition) is 5. The zero-order chi connectivity index (χ0) is 16.4. The maximum atomic E-state index is 12.4. The molecule has 0 saturated carbocycles. The lowest BCUT2D eigenvalue weighted by atomic mass is 10.1. The van der Waals surface area contributed by atoms with Gasteiger partial charge in [0.1, 0.15) is 17.7 Å². The van der Waals surface area contributed by atoms with Crippen molar-refractivity contribution >= 4 is 11.8 Å². The van der Waals surface area contributed by atoms with Gasteiger partial charge in [0.25, 0.3) is 0 Å². The van der Waals surface area contributed by atoms with E-state index in [0.29, 0.717) is 6.54 Å². The van der Waals surface area contributed by atoms with Gasteiger partial charge in [-0.2, -0.15) is 5.10 Å². The van der Waals surface area contributed by atoms with E-state index in [1.807, 2.05) is 11.6 Å². The van der Waals surface area contributed by atoms with Gasteiger partial charge < -0.3 is 15.5 Å². The smallest absolute Gasteiger partial charge is 0.242 e. The SMILES string of the molecule is CNC(=O)C1CCCN1C(=O)CNC1CCc2nc(C)nn2C1. The quantitative estimate of drug-likeness (QED) is 0.760. The summed E-state index contributed by atoms with van der Waals surface area (Å²) in [6.45, 7) is 3.56. The topological polar surface area (TPSA) is 92.2 Å². The largest absolute Gasteiger partial charge is 0.357 e. The van der Waals surface area contributed by atoms with Crippen molar-refractivity contribution in [2.24, 2.45) is 0 Å². The van der Waals surface area contributed by atoms with Gasteiger partial charge in [0.2, 0.25) is 11.8 Å². The van der Waals surface area contributed by atoms with Gasteiger partial charge in [-0.05, 0) is 26.2 Å². The first-order valence-electron chi connectivity index (χ1n) is 8.23. The molecule has 1 fully saturated rings. The number of carbonyl (C=O) groups excluding carboxylic acids is 2. The Balaban J connectivity index is 1.52. The van der Waals surface area contributed by atoms with Crippen LogP contribution in [0.25, 0.3) is 0 Å². The number of aryl methyl sites for hydroxylation is 2. The number of fused-ring (bicyclic) bond motifs is 1. The van der Waals surface area contributed by atoms with Crippen molar-refractivity contribution in [1.29, 1.82) is 0 Å². The standard InChI is InChI=1S/C15H24N6O2/c1-10-18-13-6-5-11(9-21(13)19-10)17-8-14(22)20-7-3-4-12(20)15(23)16-2/h11-12,17H,3-9H2,1-2H3,(H,16,23). The number of nitrogens with one attached hydrogen (secondary N) is 2. The van der Waals surface area contributed by atoms with E-state index in [9.17, 15) is 9.59 Å². The Morgan fingerprint density at radius 3 is 2.96 bits per heavy atom. The van der Waals surface area contributed by atoms with Gasteiger partial charge in [-0.15, -0.1) is 0 Å². The van der Waals surface area contributed by atoms with E-state index in [1.165, 1.54) is 0 Å². The average Bonchev–Trinajstić information content (AvgIpc) is 3.16. The Kier molecular flexibility index (Phi) is 4.61. The molecule has 2 N–H and O–H groups in total. The summed E-state index contributed by atoms with van der Waals surface area (Å²) in [7, 11) is 1.61. The lowest BCUT2D eigenvalue weighted by Crippen LogP contribution is -2.49.